The van der Waals surface area contributed by atoms with Crippen LogP contribution in [-0.2, 0) is 30.4 Å². The highest BCUT2D eigenvalue weighted by atomic mass is 32.2. The first-order valence-corrected chi connectivity index (χ1v) is 11.3. The van der Waals surface area contributed by atoms with Crippen LogP contribution >= 0.6 is 11.8 Å². The number of phenols is 1. The summed E-state index contributed by atoms with van der Waals surface area (Å²) in [5, 5.41) is 34.0. The van der Waals surface area contributed by atoms with Gasteiger partial charge in [0, 0.05) is 6.42 Å². The summed E-state index contributed by atoms with van der Waals surface area (Å²) >= 11 is 1.50. The second kappa shape index (κ2) is 14.0. The molecule has 1 aromatic rings. The largest absolute Gasteiger partial charge is 0.508 e. The number of benzene rings is 1. The lowest BCUT2D eigenvalue weighted by atomic mass is 10.0. The summed E-state index contributed by atoms with van der Waals surface area (Å²) in [5.41, 5.74) is 6.43. The average Bonchev–Trinajstić information content (AvgIpc) is 2.75. The SMILES string of the molecule is CSCCC(N)C(=O)NC(Cc1ccc(O)cc1)C(=O)NC(CC(=O)O)C(=O)NCC(=O)O. The number of nitrogens with one attached hydrogen (secondary N) is 3. The monoisotopic (exact) mass is 484 g/mol. The topological polar surface area (TPSA) is 208 Å². The van der Waals surface area contributed by atoms with E-state index in [4.69, 9.17) is 15.9 Å². The molecule has 3 amide bonds. The zero-order chi connectivity index (χ0) is 25.0. The van der Waals surface area contributed by atoms with Crippen molar-refractivity contribution in [3.8, 4) is 5.75 Å². The highest BCUT2D eigenvalue weighted by molar-refractivity contribution is 7.98. The third kappa shape index (κ3) is 10.7. The number of aliphatic carboxylic acids is 2. The molecule has 3 unspecified atom stereocenters. The van der Waals surface area contributed by atoms with Gasteiger partial charge in [0.15, 0.2) is 0 Å². The number of phenolic OH excluding ortho intramolecular Hbond substituents is 1. The molecule has 1 rings (SSSR count). The Labute approximate surface area is 194 Å². The molecule has 0 aliphatic rings. The third-order valence-electron chi connectivity index (χ3n) is 4.40. The number of aromatic hydroxyl groups is 1. The Morgan fingerprint density at radius 2 is 1.55 bits per heavy atom. The summed E-state index contributed by atoms with van der Waals surface area (Å²) < 4.78 is 0. The Hall–Kier alpha value is -3.32. The van der Waals surface area contributed by atoms with Crippen molar-refractivity contribution in [2.75, 3.05) is 18.6 Å². The fourth-order valence-corrected chi connectivity index (χ4v) is 3.16. The van der Waals surface area contributed by atoms with Gasteiger partial charge in [-0.25, -0.2) is 0 Å². The average molecular weight is 485 g/mol. The first-order valence-electron chi connectivity index (χ1n) is 9.88. The molecule has 3 atom stereocenters. The van der Waals surface area contributed by atoms with E-state index in [1.807, 2.05) is 11.6 Å². The minimum Gasteiger partial charge on any atom is -0.508 e. The molecule has 0 aliphatic carbocycles. The molecule has 13 heteroatoms. The van der Waals surface area contributed by atoms with Gasteiger partial charge in [-0.2, -0.15) is 11.8 Å². The number of amides is 3. The number of hydrogen-bond donors (Lipinski definition) is 7. The number of hydrogen-bond acceptors (Lipinski definition) is 8. The van der Waals surface area contributed by atoms with Crippen LogP contribution in [0.15, 0.2) is 24.3 Å². The second-order valence-electron chi connectivity index (χ2n) is 7.09. The van der Waals surface area contributed by atoms with Gasteiger partial charge < -0.3 is 37.0 Å². The van der Waals surface area contributed by atoms with Gasteiger partial charge in [0.25, 0.3) is 0 Å². The zero-order valence-corrected chi connectivity index (χ0v) is 18.8. The van der Waals surface area contributed by atoms with E-state index in [1.165, 1.54) is 36.0 Å². The van der Waals surface area contributed by atoms with Gasteiger partial charge in [0.05, 0.1) is 12.5 Å². The number of carboxylic acid groups (broad SMARTS) is 2. The van der Waals surface area contributed by atoms with E-state index < -0.39 is 60.8 Å². The van der Waals surface area contributed by atoms with Crippen LogP contribution < -0.4 is 21.7 Å². The van der Waals surface area contributed by atoms with E-state index in [1.54, 1.807) is 0 Å². The lowest BCUT2D eigenvalue weighted by Gasteiger charge is -2.23. The van der Waals surface area contributed by atoms with Crippen molar-refractivity contribution in [1.82, 2.24) is 16.0 Å². The minimum atomic E-state index is -1.57. The number of carboxylic acids is 2. The first-order chi connectivity index (χ1) is 15.5. The normalized spacial score (nSPS) is 13.3. The maximum Gasteiger partial charge on any atom is 0.322 e. The van der Waals surface area contributed by atoms with E-state index in [0.717, 1.165) is 0 Å². The van der Waals surface area contributed by atoms with Gasteiger partial charge in [-0.05, 0) is 36.1 Å². The molecule has 12 nitrogen and oxygen atoms in total. The van der Waals surface area contributed by atoms with Gasteiger partial charge >= 0.3 is 11.9 Å². The molecule has 0 saturated heterocycles. The Morgan fingerprint density at radius 3 is 2.09 bits per heavy atom. The van der Waals surface area contributed by atoms with Crippen LogP contribution in [0.5, 0.6) is 5.75 Å². The number of thioether (sulfide) groups is 1. The third-order valence-corrected chi connectivity index (χ3v) is 5.05. The molecule has 0 bridgehead atoms. The minimum absolute atomic E-state index is 0.000464. The number of carbonyl (C=O) groups excluding carboxylic acids is 3. The predicted octanol–water partition coefficient (Wildman–Crippen LogP) is -1.34. The lowest BCUT2D eigenvalue weighted by molar-refractivity contribution is -0.141. The standard InChI is InChI=1S/C20H28N4O8S/c1-33-7-6-13(21)18(30)23-14(8-11-2-4-12(25)5-3-11)20(32)24-15(9-16(26)27)19(31)22-10-17(28)29/h2-5,13-15,25H,6-10,21H2,1H3,(H,22,31)(H,23,30)(H,24,32)(H,26,27)(H,28,29). The van der Waals surface area contributed by atoms with Gasteiger partial charge in [-0.3, -0.25) is 24.0 Å². The maximum absolute atomic E-state index is 12.9. The molecule has 8 N–H and O–H groups in total. The van der Waals surface area contributed by atoms with Crippen molar-refractivity contribution in [3.05, 3.63) is 29.8 Å². The Balaban J connectivity index is 3.03. The molecular weight excluding hydrogens is 456 g/mol. The Morgan fingerprint density at radius 1 is 0.939 bits per heavy atom. The van der Waals surface area contributed by atoms with Crippen molar-refractivity contribution >= 4 is 41.4 Å². The molecule has 0 aromatic heterocycles. The molecule has 0 radical (unpaired) electrons. The first kappa shape index (κ1) is 27.7. The molecule has 0 fully saturated rings. The van der Waals surface area contributed by atoms with Crippen LogP contribution in [0.2, 0.25) is 0 Å². The molecule has 1 aromatic carbocycles. The molecule has 33 heavy (non-hydrogen) atoms. The number of nitrogens with two attached hydrogens (primary N) is 1. The lowest BCUT2D eigenvalue weighted by Crippen LogP contribution is -2.57. The van der Waals surface area contributed by atoms with Gasteiger partial charge in [-0.1, -0.05) is 12.1 Å². The van der Waals surface area contributed by atoms with E-state index in [9.17, 15) is 29.1 Å². The molecule has 0 heterocycles. The second-order valence-corrected chi connectivity index (χ2v) is 8.08. The highest BCUT2D eigenvalue weighted by Crippen LogP contribution is 2.12. The fourth-order valence-electron chi connectivity index (χ4n) is 2.67. The van der Waals surface area contributed by atoms with Crippen molar-refractivity contribution in [3.63, 3.8) is 0 Å². The van der Waals surface area contributed by atoms with Crippen LogP contribution in [0.1, 0.15) is 18.4 Å². The summed E-state index contributed by atoms with van der Waals surface area (Å²) in [7, 11) is 0. The van der Waals surface area contributed by atoms with Gasteiger partial charge in [0.1, 0.15) is 24.4 Å². The summed E-state index contributed by atoms with van der Waals surface area (Å²) in [6.45, 7) is -0.761. The van der Waals surface area contributed by atoms with Crippen LogP contribution in [0, 0.1) is 0 Å². The van der Waals surface area contributed by atoms with Gasteiger partial charge in [-0.15, -0.1) is 0 Å². The zero-order valence-electron chi connectivity index (χ0n) is 17.9. The summed E-state index contributed by atoms with van der Waals surface area (Å²) in [6.07, 6.45) is 1.37. The van der Waals surface area contributed by atoms with Gasteiger partial charge in [0.2, 0.25) is 17.7 Å². The van der Waals surface area contributed by atoms with Crippen molar-refractivity contribution in [2.45, 2.75) is 37.4 Å². The molecule has 0 aliphatic heterocycles. The maximum atomic E-state index is 12.9. The van der Waals surface area contributed by atoms with Crippen molar-refractivity contribution < 1.29 is 39.3 Å². The quantitative estimate of drug-likeness (QED) is 0.165. The highest BCUT2D eigenvalue weighted by Gasteiger charge is 2.29. The predicted molar refractivity (Wildman–Crippen MR) is 120 cm³/mol. The molecule has 0 spiro atoms. The van der Waals surface area contributed by atoms with Crippen molar-refractivity contribution in [2.24, 2.45) is 5.73 Å². The van der Waals surface area contributed by atoms with Crippen LogP contribution in [0.25, 0.3) is 0 Å². The molecule has 182 valence electrons. The fraction of sp³-hybridized carbons (Fsp3) is 0.450. The van der Waals surface area contributed by atoms with Crippen LogP contribution in [-0.4, -0.2) is 81.7 Å². The summed E-state index contributed by atoms with van der Waals surface area (Å²) in [4.78, 5) is 59.4. The smallest absolute Gasteiger partial charge is 0.322 e. The molecular formula is C20H28N4O8S. The van der Waals surface area contributed by atoms with Crippen molar-refractivity contribution in [1.29, 1.82) is 0 Å². The van der Waals surface area contributed by atoms with Crippen LogP contribution in [0.4, 0.5) is 0 Å². The Bertz CT molecular complexity index is 849. The van der Waals surface area contributed by atoms with E-state index in [0.29, 0.717) is 17.7 Å². The number of carbonyl (C=O) groups is 5. The van der Waals surface area contributed by atoms with E-state index in [2.05, 4.69) is 10.6 Å². The van der Waals surface area contributed by atoms with Crippen LogP contribution in [0.3, 0.4) is 0 Å². The Kier molecular flexibility index (Phi) is 11.7. The van der Waals surface area contributed by atoms with E-state index in [-0.39, 0.29) is 12.2 Å². The number of rotatable bonds is 14. The summed E-state index contributed by atoms with van der Waals surface area (Å²) in [5.74, 6) is -4.59. The molecule has 0 saturated carbocycles. The summed E-state index contributed by atoms with van der Waals surface area (Å²) in [6, 6.07) is 2.17. The van der Waals surface area contributed by atoms with E-state index >= 15 is 0 Å².